The summed E-state index contributed by atoms with van der Waals surface area (Å²) in [6.45, 7) is 1.50. The molecule has 2 atom stereocenters. The topological polar surface area (TPSA) is 81.8 Å². The second-order valence-corrected chi connectivity index (χ2v) is 7.28. The molecule has 4 rings (SSSR count). The molecule has 150 valence electrons. The SMILES string of the molecule is Cc1ccc(C2=NC(c3ccccc3)(C(C[N+](=O)[O-])c3ccccc3)C(=O)O2)cc1. The number of hydrogen-bond donors (Lipinski definition) is 0. The van der Waals surface area contributed by atoms with E-state index >= 15 is 0 Å². The quantitative estimate of drug-likeness (QED) is 0.352. The molecule has 0 aliphatic carbocycles. The number of benzene rings is 3. The Morgan fingerprint density at radius 3 is 2.17 bits per heavy atom. The molecule has 0 bridgehead atoms. The Morgan fingerprint density at radius 1 is 0.967 bits per heavy atom. The van der Waals surface area contributed by atoms with Crippen molar-refractivity contribution in [3.8, 4) is 0 Å². The Morgan fingerprint density at radius 2 is 1.57 bits per heavy atom. The molecular formula is C24H20N2O4. The fraction of sp³-hybridized carbons (Fsp3) is 0.167. The first-order chi connectivity index (χ1) is 14.5. The monoisotopic (exact) mass is 400 g/mol. The van der Waals surface area contributed by atoms with Crippen LogP contribution >= 0.6 is 0 Å². The zero-order valence-electron chi connectivity index (χ0n) is 16.4. The number of rotatable bonds is 6. The van der Waals surface area contributed by atoms with E-state index in [0.717, 1.165) is 5.56 Å². The molecule has 0 fully saturated rings. The van der Waals surface area contributed by atoms with Gasteiger partial charge in [-0.15, -0.1) is 0 Å². The van der Waals surface area contributed by atoms with Gasteiger partial charge in [0.05, 0.1) is 5.92 Å². The molecule has 0 spiro atoms. The molecule has 3 aromatic carbocycles. The van der Waals surface area contributed by atoms with Crippen molar-refractivity contribution in [3.63, 3.8) is 0 Å². The third-order valence-electron chi connectivity index (χ3n) is 5.33. The highest BCUT2D eigenvalue weighted by atomic mass is 16.6. The van der Waals surface area contributed by atoms with Gasteiger partial charge in [0.25, 0.3) is 0 Å². The molecule has 1 aliphatic heterocycles. The maximum absolute atomic E-state index is 13.4. The lowest BCUT2D eigenvalue weighted by Crippen LogP contribution is -2.41. The van der Waals surface area contributed by atoms with Crippen LogP contribution in [-0.2, 0) is 15.1 Å². The van der Waals surface area contributed by atoms with Crippen molar-refractivity contribution < 1.29 is 14.5 Å². The molecule has 6 heteroatoms. The van der Waals surface area contributed by atoms with Gasteiger partial charge in [-0.05, 0) is 30.2 Å². The first-order valence-electron chi connectivity index (χ1n) is 9.62. The van der Waals surface area contributed by atoms with Crippen LogP contribution in [0.3, 0.4) is 0 Å². The van der Waals surface area contributed by atoms with Crippen LogP contribution in [0.1, 0.15) is 28.2 Å². The van der Waals surface area contributed by atoms with Crippen molar-refractivity contribution in [2.45, 2.75) is 18.4 Å². The van der Waals surface area contributed by atoms with Gasteiger partial charge >= 0.3 is 5.97 Å². The summed E-state index contributed by atoms with van der Waals surface area (Å²) in [4.78, 5) is 29.3. The van der Waals surface area contributed by atoms with Crippen LogP contribution in [0.15, 0.2) is 89.9 Å². The van der Waals surface area contributed by atoms with Gasteiger partial charge in [0.1, 0.15) is 0 Å². The Balaban J connectivity index is 1.94. The molecule has 0 amide bonds. The van der Waals surface area contributed by atoms with Crippen LogP contribution < -0.4 is 0 Å². The Bertz CT molecular complexity index is 1100. The minimum absolute atomic E-state index is 0.174. The number of ether oxygens (including phenoxy) is 1. The first kappa shape index (κ1) is 19.5. The van der Waals surface area contributed by atoms with Crippen LogP contribution in [0.25, 0.3) is 0 Å². The summed E-state index contributed by atoms with van der Waals surface area (Å²) in [5.41, 5.74) is 1.39. The normalized spacial score (nSPS) is 19.1. The third-order valence-corrected chi connectivity index (χ3v) is 5.33. The van der Waals surface area contributed by atoms with Crippen molar-refractivity contribution in [1.29, 1.82) is 0 Å². The summed E-state index contributed by atoms with van der Waals surface area (Å²) < 4.78 is 5.63. The van der Waals surface area contributed by atoms with E-state index in [1.807, 2.05) is 43.3 Å². The summed E-state index contributed by atoms with van der Waals surface area (Å²) in [7, 11) is 0. The van der Waals surface area contributed by atoms with Crippen molar-refractivity contribution in [3.05, 3.63) is 117 Å². The second kappa shape index (κ2) is 7.91. The van der Waals surface area contributed by atoms with E-state index in [1.165, 1.54) is 0 Å². The number of hydrogen-bond acceptors (Lipinski definition) is 5. The predicted molar refractivity (Wildman–Crippen MR) is 113 cm³/mol. The lowest BCUT2D eigenvalue weighted by molar-refractivity contribution is -0.485. The Labute approximate surface area is 174 Å². The van der Waals surface area contributed by atoms with Gasteiger partial charge in [0, 0.05) is 10.5 Å². The zero-order chi connectivity index (χ0) is 21.1. The van der Waals surface area contributed by atoms with Gasteiger partial charge in [-0.25, -0.2) is 9.79 Å². The number of nitrogens with zero attached hydrogens (tertiary/aromatic N) is 2. The van der Waals surface area contributed by atoms with Gasteiger partial charge < -0.3 is 4.74 Å². The van der Waals surface area contributed by atoms with E-state index in [2.05, 4.69) is 0 Å². The molecular weight excluding hydrogens is 380 g/mol. The number of carbonyl (C=O) groups excluding carboxylic acids is 1. The summed E-state index contributed by atoms with van der Waals surface area (Å²) in [6, 6.07) is 25.4. The van der Waals surface area contributed by atoms with Gasteiger partial charge in [0.15, 0.2) is 5.54 Å². The maximum atomic E-state index is 13.4. The lowest BCUT2D eigenvalue weighted by atomic mass is 9.75. The highest BCUT2D eigenvalue weighted by Gasteiger charge is 2.56. The molecule has 2 unspecified atom stereocenters. The number of cyclic esters (lactones) is 1. The average Bonchev–Trinajstić information content (AvgIpc) is 3.11. The van der Waals surface area contributed by atoms with Gasteiger partial charge in [-0.2, -0.15) is 0 Å². The van der Waals surface area contributed by atoms with Crippen molar-refractivity contribution in [2.24, 2.45) is 4.99 Å². The third kappa shape index (κ3) is 3.48. The maximum Gasteiger partial charge on any atom is 0.346 e. The Hall–Kier alpha value is -3.80. The molecule has 0 N–H and O–H groups in total. The summed E-state index contributed by atoms with van der Waals surface area (Å²) in [5, 5.41) is 11.6. The molecule has 1 heterocycles. The molecule has 0 saturated carbocycles. The minimum Gasteiger partial charge on any atom is -0.405 e. The van der Waals surface area contributed by atoms with E-state index in [9.17, 15) is 14.9 Å². The standard InChI is InChI=1S/C24H20N2O4/c1-17-12-14-19(15-13-17)22-25-24(23(27)30-22,20-10-6-3-7-11-20)21(16-26(28)29)18-8-4-2-5-9-18/h2-15,21H,16H2,1H3. The highest BCUT2D eigenvalue weighted by Crippen LogP contribution is 2.45. The van der Waals surface area contributed by atoms with Gasteiger partial charge in [0.2, 0.25) is 12.4 Å². The van der Waals surface area contributed by atoms with Crippen LogP contribution in [0.2, 0.25) is 0 Å². The number of carbonyl (C=O) groups is 1. The number of aryl methyl sites for hydroxylation is 1. The zero-order valence-corrected chi connectivity index (χ0v) is 16.4. The Kier molecular flexibility index (Phi) is 5.14. The molecule has 1 aliphatic rings. The molecule has 6 nitrogen and oxygen atoms in total. The largest absolute Gasteiger partial charge is 0.405 e. The van der Waals surface area contributed by atoms with E-state index < -0.39 is 28.9 Å². The van der Waals surface area contributed by atoms with Crippen LogP contribution in [-0.4, -0.2) is 23.3 Å². The van der Waals surface area contributed by atoms with E-state index in [1.54, 1.807) is 48.5 Å². The van der Waals surface area contributed by atoms with E-state index in [4.69, 9.17) is 9.73 Å². The second-order valence-electron chi connectivity index (χ2n) is 7.28. The van der Waals surface area contributed by atoms with Crippen molar-refractivity contribution in [1.82, 2.24) is 0 Å². The molecule has 3 aromatic rings. The molecule has 0 aromatic heterocycles. The van der Waals surface area contributed by atoms with E-state index in [0.29, 0.717) is 16.7 Å². The fourth-order valence-corrected chi connectivity index (χ4v) is 3.82. The molecule has 0 radical (unpaired) electrons. The van der Waals surface area contributed by atoms with Crippen LogP contribution in [0.5, 0.6) is 0 Å². The first-order valence-corrected chi connectivity index (χ1v) is 9.62. The van der Waals surface area contributed by atoms with Crippen molar-refractivity contribution >= 4 is 11.9 Å². The molecule has 30 heavy (non-hydrogen) atoms. The summed E-state index contributed by atoms with van der Waals surface area (Å²) in [5.74, 6) is -1.26. The van der Waals surface area contributed by atoms with Crippen molar-refractivity contribution in [2.75, 3.05) is 6.54 Å². The summed E-state index contributed by atoms with van der Waals surface area (Å²) in [6.07, 6.45) is 0. The highest BCUT2D eigenvalue weighted by molar-refractivity contribution is 6.08. The van der Waals surface area contributed by atoms with Crippen LogP contribution in [0, 0.1) is 17.0 Å². The van der Waals surface area contributed by atoms with Gasteiger partial charge in [-0.3, -0.25) is 10.1 Å². The predicted octanol–water partition coefficient (Wildman–Crippen LogP) is 4.25. The van der Waals surface area contributed by atoms with Crippen LogP contribution in [0.4, 0.5) is 0 Å². The van der Waals surface area contributed by atoms with E-state index in [-0.39, 0.29) is 5.90 Å². The van der Waals surface area contributed by atoms with Gasteiger partial charge in [-0.1, -0.05) is 78.4 Å². The number of nitro groups is 1. The smallest absolute Gasteiger partial charge is 0.346 e. The summed E-state index contributed by atoms with van der Waals surface area (Å²) >= 11 is 0. The minimum atomic E-state index is -1.55. The lowest BCUT2D eigenvalue weighted by Gasteiger charge is -2.29. The number of aliphatic imine (C=N–C) groups is 1. The number of esters is 1. The molecule has 0 saturated heterocycles. The average molecular weight is 400 g/mol. The fourth-order valence-electron chi connectivity index (χ4n) is 3.82.